The zero-order valence-electron chi connectivity index (χ0n) is 18.4. The molecule has 0 spiro atoms. The molecule has 0 saturated heterocycles. The molecule has 2 aromatic rings. The van der Waals surface area contributed by atoms with Crippen molar-refractivity contribution in [3.63, 3.8) is 0 Å². The van der Waals surface area contributed by atoms with Crippen LogP contribution in [0.4, 0.5) is 0 Å². The molecule has 1 heterocycles. The summed E-state index contributed by atoms with van der Waals surface area (Å²) < 4.78 is 1.02. The molecule has 1 saturated carbocycles. The average Bonchev–Trinajstić information content (AvgIpc) is 3.28. The van der Waals surface area contributed by atoms with Gasteiger partial charge >= 0.3 is 0 Å². The number of H-pyrrole nitrogens is 1. The van der Waals surface area contributed by atoms with Gasteiger partial charge in [0.2, 0.25) is 0 Å². The molecule has 1 aliphatic rings. The second kappa shape index (κ2) is 9.17. The number of Topliss-reactive ketones (excluding diaryl/α,β-unsaturated/α-hetero) is 2. The van der Waals surface area contributed by atoms with E-state index in [0.717, 1.165) is 15.7 Å². The maximum Gasteiger partial charge on any atom is 0.174 e. The van der Waals surface area contributed by atoms with Crippen molar-refractivity contribution in [1.82, 2.24) is 9.97 Å². The summed E-state index contributed by atoms with van der Waals surface area (Å²) in [5, 5.41) is 18.6. The number of ketones is 2. The largest absolute Gasteiger partial charge is 0.393 e. The Hall–Kier alpha value is -2.12. The number of carbonyl (C=O) groups excluding carboxylic acids is 2. The van der Waals surface area contributed by atoms with Crippen LogP contribution in [0, 0.1) is 22.7 Å². The van der Waals surface area contributed by atoms with E-state index >= 15 is 0 Å². The van der Waals surface area contributed by atoms with E-state index in [-0.39, 0.29) is 17.4 Å². The molecule has 166 valence electrons. The van der Waals surface area contributed by atoms with Crippen molar-refractivity contribution in [1.29, 1.82) is 5.41 Å². The van der Waals surface area contributed by atoms with Crippen LogP contribution in [-0.4, -0.2) is 38.5 Å². The first-order valence-corrected chi connectivity index (χ1v) is 11.4. The van der Waals surface area contributed by atoms with Gasteiger partial charge in [0.05, 0.1) is 17.7 Å². The summed E-state index contributed by atoms with van der Waals surface area (Å²) in [6.07, 6.45) is 2.62. The zero-order chi connectivity index (χ0) is 22.9. The molecule has 7 heteroatoms. The van der Waals surface area contributed by atoms with Gasteiger partial charge in [0.25, 0.3) is 0 Å². The van der Waals surface area contributed by atoms with Crippen LogP contribution >= 0.6 is 15.9 Å². The molecule has 1 unspecified atom stereocenters. The number of aromatic nitrogens is 2. The molecular formula is C24H30BrN3O3. The van der Waals surface area contributed by atoms with Crippen LogP contribution in [0.3, 0.4) is 0 Å². The number of nitrogens with zero attached hydrogens (tertiary/aromatic N) is 1. The lowest BCUT2D eigenvalue weighted by Gasteiger charge is -2.32. The summed E-state index contributed by atoms with van der Waals surface area (Å²) >= 11 is 3.44. The molecule has 3 rings (SSSR count). The molecule has 1 aromatic carbocycles. The van der Waals surface area contributed by atoms with Crippen LogP contribution in [-0.2, 0) is 16.0 Å². The smallest absolute Gasteiger partial charge is 0.174 e. The summed E-state index contributed by atoms with van der Waals surface area (Å²) in [4.78, 5) is 33.3. The van der Waals surface area contributed by atoms with Gasteiger partial charge in [0.1, 0.15) is 11.6 Å². The minimum absolute atomic E-state index is 0.153. The second-order valence-electron chi connectivity index (χ2n) is 9.61. The highest BCUT2D eigenvalue weighted by atomic mass is 79.9. The monoisotopic (exact) mass is 487 g/mol. The van der Waals surface area contributed by atoms with Crippen LogP contribution in [0.2, 0.25) is 0 Å². The third-order valence-corrected chi connectivity index (χ3v) is 6.56. The number of aliphatic hydroxyl groups excluding tert-OH is 1. The Kier molecular flexibility index (Phi) is 6.96. The van der Waals surface area contributed by atoms with E-state index in [1.807, 2.05) is 45.0 Å². The quantitative estimate of drug-likeness (QED) is 0.501. The van der Waals surface area contributed by atoms with E-state index in [9.17, 15) is 14.7 Å². The number of imidazole rings is 1. The molecule has 0 radical (unpaired) electrons. The maximum atomic E-state index is 13.5. The van der Waals surface area contributed by atoms with Gasteiger partial charge in [-0.15, -0.1) is 0 Å². The summed E-state index contributed by atoms with van der Waals surface area (Å²) in [6, 6.07) is 8.06. The number of halogens is 1. The van der Waals surface area contributed by atoms with Gasteiger partial charge < -0.3 is 15.5 Å². The lowest BCUT2D eigenvalue weighted by molar-refractivity contribution is -0.128. The van der Waals surface area contributed by atoms with Gasteiger partial charge in [-0.1, -0.05) is 48.8 Å². The molecular weight excluding hydrogens is 458 g/mol. The molecule has 1 fully saturated rings. The molecule has 1 aromatic heterocycles. The molecule has 4 atom stereocenters. The number of benzene rings is 1. The summed E-state index contributed by atoms with van der Waals surface area (Å²) in [7, 11) is 0. The predicted octanol–water partition coefficient (Wildman–Crippen LogP) is 4.46. The van der Waals surface area contributed by atoms with Crippen molar-refractivity contribution < 1.29 is 14.7 Å². The van der Waals surface area contributed by atoms with Crippen molar-refractivity contribution >= 4 is 33.2 Å². The van der Waals surface area contributed by atoms with E-state index < -0.39 is 29.1 Å². The fraction of sp³-hybridized carbons (Fsp3) is 0.500. The Morgan fingerprint density at radius 3 is 2.48 bits per heavy atom. The molecule has 3 N–H and O–H groups in total. The first-order chi connectivity index (χ1) is 14.5. The number of carbonyl (C=O) groups is 2. The summed E-state index contributed by atoms with van der Waals surface area (Å²) in [5.41, 5.74) is 1.36. The van der Waals surface area contributed by atoms with Crippen LogP contribution in [0.25, 0.3) is 0 Å². The zero-order valence-corrected chi connectivity index (χ0v) is 20.0. The fourth-order valence-electron chi connectivity index (χ4n) is 4.52. The van der Waals surface area contributed by atoms with Gasteiger partial charge in [0.15, 0.2) is 5.78 Å². The molecule has 0 amide bonds. The molecule has 0 bridgehead atoms. The van der Waals surface area contributed by atoms with E-state index in [1.54, 1.807) is 6.20 Å². The normalized spacial score (nSPS) is 22.3. The highest BCUT2D eigenvalue weighted by molar-refractivity contribution is 9.10. The third kappa shape index (κ3) is 5.39. The van der Waals surface area contributed by atoms with Crippen molar-refractivity contribution in [2.75, 3.05) is 0 Å². The number of aliphatic hydroxyl groups is 1. The van der Waals surface area contributed by atoms with Crippen LogP contribution in [0.1, 0.15) is 63.5 Å². The SMILES string of the molecule is CC(=O)C(=N)[C@H](C(=O)C1C[C@H](O)C[C@H]1c1ncc(Cc2ccc(Br)cc2)[nH]1)C(C)(C)C. The van der Waals surface area contributed by atoms with E-state index in [0.29, 0.717) is 25.1 Å². The highest BCUT2D eigenvalue weighted by Gasteiger charge is 2.47. The number of hydrogen-bond donors (Lipinski definition) is 3. The highest BCUT2D eigenvalue weighted by Crippen LogP contribution is 2.43. The average molecular weight is 488 g/mol. The molecule has 6 nitrogen and oxygen atoms in total. The van der Waals surface area contributed by atoms with Crippen LogP contribution < -0.4 is 0 Å². The van der Waals surface area contributed by atoms with Crippen LogP contribution in [0.15, 0.2) is 34.9 Å². The van der Waals surface area contributed by atoms with Gasteiger partial charge in [-0.25, -0.2) is 4.98 Å². The lowest BCUT2D eigenvalue weighted by Crippen LogP contribution is -2.42. The Morgan fingerprint density at radius 1 is 1.26 bits per heavy atom. The third-order valence-electron chi connectivity index (χ3n) is 6.03. The Morgan fingerprint density at radius 2 is 1.90 bits per heavy atom. The standard InChI is InChI=1S/C24H30BrN3O3/c1-13(29)21(26)20(24(2,3)4)22(31)18-10-17(30)11-19(18)23-27-12-16(28-23)9-14-5-7-15(25)8-6-14/h5-8,12,17-20,26,30H,9-11H2,1-4H3,(H,27,28)/t17-,18?,19+,20+/m0/s1. The Balaban J connectivity index is 1.84. The van der Waals surface area contributed by atoms with E-state index in [2.05, 4.69) is 25.9 Å². The minimum atomic E-state index is -0.806. The number of aromatic amines is 1. The van der Waals surface area contributed by atoms with Crippen molar-refractivity contribution in [3.05, 3.63) is 52.0 Å². The number of rotatable bonds is 7. The fourth-order valence-corrected chi connectivity index (χ4v) is 4.79. The van der Waals surface area contributed by atoms with Crippen molar-refractivity contribution in [3.8, 4) is 0 Å². The second-order valence-corrected chi connectivity index (χ2v) is 10.5. The number of nitrogens with one attached hydrogen (secondary N) is 2. The summed E-state index contributed by atoms with van der Waals surface area (Å²) in [5.74, 6) is -1.40. The van der Waals surface area contributed by atoms with Crippen molar-refractivity contribution in [2.24, 2.45) is 17.3 Å². The topological polar surface area (TPSA) is 107 Å². The molecule has 0 aliphatic heterocycles. The Labute approximate surface area is 191 Å². The van der Waals surface area contributed by atoms with Gasteiger partial charge in [0, 0.05) is 41.5 Å². The van der Waals surface area contributed by atoms with E-state index in [4.69, 9.17) is 5.41 Å². The Bertz CT molecular complexity index is 975. The minimum Gasteiger partial charge on any atom is -0.393 e. The summed E-state index contributed by atoms with van der Waals surface area (Å²) in [6.45, 7) is 6.94. The predicted molar refractivity (Wildman–Crippen MR) is 123 cm³/mol. The first-order valence-electron chi connectivity index (χ1n) is 10.6. The van der Waals surface area contributed by atoms with Gasteiger partial charge in [-0.05, 0) is 36.0 Å². The van der Waals surface area contributed by atoms with E-state index in [1.165, 1.54) is 6.92 Å². The molecule has 31 heavy (non-hydrogen) atoms. The molecule has 1 aliphatic carbocycles. The van der Waals surface area contributed by atoms with Gasteiger partial charge in [-0.2, -0.15) is 0 Å². The van der Waals surface area contributed by atoms with Crippen molar-refractivity contribution in [2.45, 2.75) is 59.0 Å². The lowest BCUT2D eigenvalue weighted by atomic mass is 9.70. The number of hydrogen-bond acceptors (Lipinski definition) is 5. The van der Waals surface area contributed by atoms with Gasteiger partial charge in [-0.3, -0.25) is 9.59 Å². The maximum absolute atomic E-state index is 13.5. The first kappa shape index (κ1) is 23.5. The van der Waals surface area contributed by atoms with Crippen LogP contribution in [0.5, 0.6) is 0 Å².